The van der Waals surface area contributed by atoms with E-state index < -0.39 is 12.1 Å². The van der Waals surface area contributed by atoms with Gasteiger partial charge in [-0.05, 0) is 42.3 Å². The standard InChI is InChI=1S/C22H24FNO5S/c1-13-17(9-8-16(22(26)27)20(13)18(29-3)10-11-28-2)24-19(25)12-30-21(24)14-4-6-15(23)7-5-14/h4-9,18,21H,10-12H2,1-3H3,(H,26,27). The molecule has 3 rings (SSSR count). The van der Waals surface area contributed by atoms with Crippen molar-refractivity contribution in [1.82, 2.24) is 0 Å². The second kappa shape index (κ2) is 9.59. The minimum absolute atomic E-state index is 0.0858. The van der Waals surface area contributed by atoms with Crippen molar-refractivity contribution in [3.8, 4) is 0 Å². The maximum absolute atomic E-state index is 13.4. The Kier molecular flexibility index (Phi) is 7.12. The zero-order chi connectivity index (χ0) is 21.8. The maximum Gasteiger partial charge on any atom is 0.336 e. The Morgan fingerprint density at radius 3 is 2.57 bits per heavy atom. The van der Waals surface area contributed by atoms with E-state index in [1.165, 1.54) is 37.1 Å². The number of rotatable bonds is 8. The van der Waals surface area contributed by atoms with Crippen molar-refractivity contribution in [1.29, 1.82) is 0 Å². The molecule has 0 bridgehead atoms. The van der Waals surface area contributed by atoms with Crippen LogP contribution in [0.15, 0.2) is 36.4 Å². The zero-order valence-corrected chi connectivity index (χ0v) is 17.9. The Hall–Kier alpha value is -2.42. The molecule has 1 saturated heterocycles. The van der Waals surface area contributed by atoms with Crippen molar-refractivity contribution in [2.24, 2.45) is 0 Å². The number of carboxylic acid groups (broad SMARTS) is 1. The third-order valence-corrected chi connectivity index (χ3v) is 6.40. The third-order valence-electron chi connectivity index (χ3n) is 5.19. The minimum atomic E-state index is -1.06. The van der Waals surface area contributed by atoms with E-state index in [-0.39, 0.29) is 28.4 Å². The second-order valence-electron chi connectivity index (χ2n) is 6.96. The van der Waals surface area contributed by atoms with Crippen LogP contribution in [-0.4, -0.2) is 43.6 Å². The van der Waals surface area contributed by atoms with Crippen LogP contribution in [0.2, 0.25) is 0 Å². The first-order chi connectivity index (χ1) is 14.4. The molecule has 2 aromatic rings. The number of thioether (sulfide) groups is 1. The van der Waals surface area contributed by atoms with Gasteiger partial charge >= 0.3 is 5.97 Å². The van der Waals surface area contributed by atoms with Crippen LogP contribution in [0.4, 0.5) is 10.1 Å². The highest BCUT2D eigenvalue weighted by molar-refractivity contribution is 8.00. The van der Waals surface area contributed by atoms with Gasteiger partial charge in [0.2, 0.25) is 5.91 Å². The van der Waals surface area contributed by atoms with E-state index in [1.54, 1.807) is 37.1 Å². The smallest absolute Gasteiger partial charge is 0.336 e. The molecule has 160 valence electrons. The fraction of sp³-hybridized carbons (Fsp3) is 0.364. The van der Waals surface area contributed by atoms with E-state index in [4.69, 9.17) is 9.47 Å². The maximum atomic E-state index is 13.4. The number of anilines is 1. The van der Waals surface area contributed by atoms with Gasteiger partial charge in [-0.1, -0.05) is 12.1 Å². The van der Waals surface area contributed by atoms with Crippen molar-refractivity contribution in [3.63, 3.8) is 0 Å². The summed E-state index contributed by atoms with van der Waals surface area (Å²) in [5.41, 5.74) is 2.76. The topological polar surface area (TPSA) is 76.1 Å². The van der Waals surface area contributed by atoms with Crippen LogP contribution in [-0.2, 0) is 14.3 Å². The number of benzene rings is 2. The SMILES string of the molecule is COCCC(OC)c1c(C(=O)O)ccc(N2C(=O)CSC2c2ccc(F)cc2)c1C. The number of carboxylic acids is 1. The molecule has 1 heterocycles. The lowest BCUT2D eigenvalue weighted by Crippen LogP contribution is -2.29. The Morgan fingerprint density at radius 2 is 1.97 bits per heavy atom. The number of ether oxygens (including phenoxy) is 2. The third kappa shape index (κ3) is 4.35. The number of halogens is 1. The molecule has 2 aromatic carbocycles. The van der Waals surface area contributed by atoms with Gasteiger partial charge in [0, 0.05) is 38.5 Å². The first-order valence-electron chi connectivity index (χ1n) is 9.46. The summed E-state index contributed by atoms with van der Waals surface area (Å²) in [7, 11) is 3.10. The van der Waals surface area contributed by atoms with Gasteiger partial charge in [0.25, 0.3) is 0 Å². The summed E-state index contributed by atoms with van der Waals surface area (Å²) in [6.07, 6.45) is -0.0209. The number of methoxy groups -OCH3 is 2. The zero-order valence-electron chi connectivity index (χ0n) is 17.1. The quantitative estimate of drug-likeness (QED) is 0.668. The average Bonchev–Trinajstić information content (AvgIpc) is 3.11. The molecule has 0 aliphatic carbocycles. The van der Waals surface area contributed by atoms with E-state index >= 15 is 0 Å². The Morgan fingerprint density at radius 1 is 1.27 bits per heavy atom. The van der Waals surface area contributed by atoms with Crippen molar-refractivity contribution >= 4 is 29.3 Å². The predicted molar refractivity (Wildman–Crippen MR) is 113 cm³/mol. The molecule has 30 heavy (non-hydrogen) atoms. The van der Waals surface area contributed by atoms with Gasteiger partial charge in [0.1, 0.15) is 11.2 Å². The summed E-state index contributed by atoms with van der Waals surface area (Å²) in [4.78, 5) is 26.3. The van der Waals surface area contributed by atoms with E-state index in [0.29, 0.717) is 29.8 Å². The molecule has 8 heteroatoms. The highest BCUT2D eigenvalue weighted by atomic mass is 32.2. The molecular weight excluding hydrogens is 409 g/mol. The van der Waals surface area contributed by atoms with Crippen molar-refractivity contribution in [2.75, 3.05) is 31.5 Å². The Balaban J connectivity index is 2.10. The molecule has 0 radical (unpaired) electrons. The highest BCUT2D eigenvalue weighted by Crippen LogP contribution is 2.44. The van der Waals surface area contributed by atoms with E-state index in [0.717, 1.165) is 5.56 Å². The number of amides is 1. The summed E-state index contributed by atoms with van der Waals surface area (Å²) in [5.74, 6) is -1.20. The fourth-order valence-electron chi connectivity index (χ4n) is 3.74. The number of carbonyl (C=O) groups excluding carboxylic acids is 1. The fourth-order valence-corrected chi connectivity index (χ4v) is 4.91. The van der Waals surface area contributed by atoms with Gasteiger partial charge in [-0.3, -0.25) is 9.69 Å². The van der Waals surface area contributed by atoms with Gasteiger partial charge in [-0.2, -0.15) is 0 Å². The summed E-state index contributed by atoms with van der Waals surface area (Å²) in [6.45, 7) is 2.20. The molecule has 1 N–H and O–H groups in total. The van der Waals surface area contributed by atoms with E-state index in [9.17, 15) is 19.1 Å². The van der Waals surface area contributed by atoms with Crippen molar-refractivity contribution < 1.29 is 28.6 Å². The highest BCUT2D eigenvalue weighted by Gasteiger charge is 2.36. The van der Waals surface area contributed by atoms with Crippen LogP contribution in [0.3, 0.4) is 0 Å². The summed E-state index contributed by atoms with van der Waals surface area (Å²) < 4.78 is 24.1. The molecule has 0 spiro atoms. The average molecular weight is 434 g/mol. The van der Waals surface area contributed by atoms with Crippen LogP contribution in [0, 0.1) is 12.7 Å². The van der Waals surface area contributed by atoms with E-state index in [2.05, 4.69) is 0 Å². The van der Waals surface area contributed by atoms with Gasteiger partial charge in [-0.15, -0.1) is 11.8 Å². The van der Waals surface area contributed by atoms with Crippen LogP contribution in [0.25, 0.3) is 0 Å². The molecule has 1 aliphatic heterocycles. The lowest BCUT2D eigenvalue weighted by Gasteiger charge is -2.29. The normalized spacial score (nSPS) is 17.4. The number of hydrogen-bond donors (Lipinski definition) is 1. The van der Waals surface area contributed by atoms with Crippen LogP contribution in [0.5, 0.6) is 0 Å². The molecule has 0 aromatic heterocycles. The van der Waals surface area contributed by atoms with Crippen LogP contribution < -0.4 is 4.90 Å². The lowest BCUT2D eigenvalue weighted by molar-refractivity contribution is -0.115. The number of nitrogens with zero attached hydrogens (tertiary/aromatic N) is 1. The number of aromatic carboxylic acids is 1. The van der Waals surface area contributed by atoms with Crippen LogP contribution in [0.1, 0.15) is 44.9 Å². The first kappa shape index (κ1) is 22.3. The molecular formula is C22H24FNO5S. The largest absolute Gasteiger partial charge is 0.478 e. The first-order valence-corrected chi connectivity index (χ1v) is 10.5. The number of carbonyl (C=O) groups is 2. The predicted octanol–water partition coefficient (Wildman–Crippen LogP) is 4.33. The summed E-state index contributed by atoms with van der Waals surface area (Å²) in [6, 6.07) is 9.24. The van der Waals surface area contributed by atoms with Crippen molar-refractivity contribution in [2.45, 2.75) is 24.8 Å². The molecule has 2 atom stereocenters. The van der Waals surface area contributed by atoms with Gasteiger partial charge < -0.3 is 14.6 Å². The summed E-state index contributed by atoms with van der Waals surface area (Å²) in [5, 5.41) is 9.40. The van der Waals surface area contributed by atoms with Gasteiger partial charge in [0.05, 0.1) is 17.4 Å². The Labute approximate surface area is 179 Å². The molecule has 0 saturated carbocycles. The summed E-state index contributed by atoms with van der Waals surface area (Å²) >= 11 is 1.45. The molecule has 1 aliphatic rings. The molecule has 1 fully saturated rings. The monoisotopic (exact) mass is 433 g/mol. The Bertz CT molecular complexity index is 934. The van der Waals surface area contributed by atoms with Crippen LogP contribution >= 0.6 is 11.8 Å². The van der Waals surface area contributed by atoms with Gasteiger partial charge in [-0.25, -0.2) is 9.18 Å². The minimum Gasteiger partial charge on any atom is -0.478 e. The molecule has 6 nitrogen and oxygen atoms in total. The van der Waals surface area contributed by atoms with Gasteiger partial charge in [0.15, 0.2) is 0 Å². The number of hydrogen-bond acceptors (Lipinski definition) is 5. The van der Waals surface area contributed by atoms with Crippen molar-refractivity contribution in [3.05, 3.63) is 64.5 Å². The molecule has 1 amide bonds. The second-order valence-corrected chi connectivity index (χ2v) is 8.03. The lowest BCUT2D eigenvalue weighted by atomic mass is 9.93. The molecule has 2 unspecified atom stereocenters. The van der Waals surface area contributed by atoms with E-state index in [1.807, 2.05) is 0 Å².